The van der Waals surface area contributed by atoms with E-state index >= 15 is 0 Å². The minimum Gasteiger partial charge on any atom is -0.495 e. The second-order valence-corrected chi connectivity index (χ2v) is 3.50. The molecule has 0 aromatic heterocycles. The predicted octanol–water partition coefficient (Wildman–Crippen LogP) is 2.12. The van der Waals surface area contributed by atoms with Crippen LogP contribution in [0, 0.1) is 0 Å². The molecule has 1 N–H and O–H groups in total. The number of thioether (sulfide) groups is 1. The van der Waals surface area contributed by atoms with Gasteiger partial charge in [-0.1, -0.05) is 0 Å². The largest absolute Gasteiger partial charge is 0.495 e. The highest BCUT2D eigenvalue weighted by Crippen LogP contribution is 2.38. The number of carboxylic acids is 1. The molecule has 0 atom stereocenters. The number of hydrogen-bond acceptors (Lipinski definition) is 4. The van der Waals surface area contributed by atoms with Crippen LogP contribution in [0.4, 0.5) is 0 Å². The summed E-state index contributed by atoms with van der Waals surface area (Å²) in [5.41, 5.74) is 0.141. The van der Waals surface area contributed by atoms with Crippen molar-refractivity contribution < 1.29 is 19.4 Å². The zero-order valence-electron chi connectivity index (χ0n) is 8.73. The molecule has 1 aromatic carbocycles. The van der Waals surface area contributed by atoms with Crippen molar-refractivity contribution in [1.82, 2.24) is 0 Å². The monoisotopic (exact) mass is 228 g/mol. The minimum absolute atomic E-state index is 0.141. The van der Waals surface area contributed by atoms with Gasteiger partial charge >= 0.3 is 5.97 Å². The first-order valence-electron chi connectivity index (χ1n) is 4.18. The maximum atomic E-state index is 10.9. The highest BCUT2D eigenvalue weighted by molar-refractivity contribution is 7.98. The second-order valence-electron chi connectivity index (χ2n) is 2.69. The summed E-state index contributed by atoms with van der Waals surface area (Å²) in [6.07, 6.45) is 1.84. The fourth-order valence-corrected chi connectivity index (χ4v) is 2.00. The van der Waals surface area contributed by atoms with Gasteiger partial charge in [0.05, 0.1) is 19.1 Å². The maximum absolute atomic E-state index is 10.9. The number of benzene rings is 1. The van der Waals surface area contributed by atoms with E-state index in [0.29, 0.717) is 16.4 Å². The standard InChI is InChI=1S/C10H12O4S/c1-13-7-5-4-6(10(11)12)8(14-2)9(7)15-3/h4-5H,1-3H3,(H,11,12). The first-order valence-corrected chi connectivity index (χ1v) is 5.40. The zero-order valence-corrected chi connectivity index (χ0v) is 9.55. The van der Waals surface area contributed by atoms with Crippen molar-refractivity contribution in [3.05, 3.63) is 17.7 Å². The van der Waals surface area contributed by atoms with Crippen LogP contribution in [-0.2, 0) is 0 Å². The molecule has 0 saturated carbocycles. The molecule has 0 unspecified atom stereocenters. The van der Waals surface area contributed by atoms with Crippen molar-refractivity contribution in [2.24, 2.45) is 0 Å². The molecule has 0 spiro atoms. The summed E-state index contributed by atoms with van der Waals surface area (Å²) in [5.74, 6) is -0.0523. The smallest absolute Gasteiger partial charge is 0.339 e. The van der Waals surface area contributed by atoms with Crippen LogP contribution in [0.25, 0.3) is 0 Å². The Balaban J connectivity index is 3.40. The third-order valence-corrected chi connectivity index (χ3v) is 2.73. The summed E-state index contributed by atoms with van der Waals surface area (Å²) < 4.78 is 10.2. The summed E-state index contributed by atoms with van der Waals surface area (Å²) in [5, 5.41) is 8.95. The molecule has 5 heteroatoms. The Morgan fingerprint density at radius 3 is 2.40 bits per heavy atom. The fraction of sp³-hybridized carbons (Fsp3) is 0.300. The number of aromatic carboxylic acids is 1. The fourth-order valence-electron chi connectivity index (χ4n) is 1.27. The van der Waals surface area contributed by atoms with E-state index in [1.165, 1.54) is 32.0 Å². The molecule has 1 aromatic rings. The minimum atomic E-state index is -1.01. The van der Waals surface area contributed by atoms with Crippen LogP contribution in [0.2, 0.25) is 0 Å². The van der Waals surface area contributed by atoms with Crippen molar-refractivity contribution in [1.29, 1.82) is 0 Å². The highest BCUT2D eigenvalue weighted by atomic mass is 32.2. The Morgan fingerprint density at radius 1 is 1.33 bits per heavy atom. The van der Waals surface area contributed by atoms with E-state index in [4.69, 9.17) is 14.6 Å². The van der Waals surface area contributed by atoms with Crippen molar-refractivity contribution in [2.75, 3.05) is 20.5 Å². The third-order valence-electron chi connectivity index (χ3n) is 1.93. The Morgan fingerprint density at radius 2 is 2.00 bits per heavy atom. The summed E-state index contributed by atoms with van der Waals surface area (Å²) in [6, 6.07) is 3.09. The normalized spacial score (nSPS) is 9.80. The van der Waals surface area contributed by atoms with Gasteiger partial charge in [-0.2, -0.15) is 0 Å². The number of carbonyl (C=O) groups is 1. The maximum Gasteiger partial charge on any atom is 0.339 e. The highest BCUT2D eigenvalue weighted by Gasteiger charge is 2.18. The van der Waals surface area contributed by atoms with Crippen LogP contribution in [-0.4, -0.2) is 31.6 Å². The van der Waals surface area contributed by atoms with Crippen molar-refractivity contribution in [3.63, 3.8) is 0 Å². The second kappa shape index (κ2) is 4.93. The molecule has 0 aliphatic carbocycles. The zero-order chi connectivity index (χ0) is 11.4. The Labute approximate surface area is 92.2 Å². The molecule has 0 saturated heterocycles. The van der Waals surface area contributed by atoms with Crippen molar-refractivity contribution in [3.8, 4) is 11.5 Å². The molecule has 15 heavy (non-hydrogen) atoms. The van der Waals surface area contributed by atoms with Gasteiger partial charge in [0.15, 0.2) is 5.75 Å². The molecular formula is C10H12O4S. The van der Waals surface area contributed by atoms with Gasteiger partial charge in [-0.05, 0) is 18.4 Å². The van der Waals surface area contributed by atoms with E-state index in [-0.39, 0.29) is 5.56 Å². The first kappa shape index (κ1) is 11.7. The third kappa shape index (κ3) is 2.18. The molecule has 0 aliphatic rings. The summed E-state index contributed by atoms with van der Waals surface area (Å²) in [6.45, 7) is 0. The first-order chi connectivity index (χ1) is 7.15. The molecule has 0 radical (unpaired) electrons. The van der Waals surface area contributed by atoms with Gasteiger partial charge in [0.1, 0.15) is 11.3 Å². The molecule has 0 amide bonds. The molecule has 4 nitrogen and oxygen atoms in total. The Hall–Kier alpha value is -1.36. The van der Waals surface area contributed by atoms with Crippen molar-refractivity contribution >= 4 is 17.7 Å². The lowest BCUT2D eigenvalue weighted by molar-refractivity contribution is 0.0692. The van der Waals surface area contributed by atoms with E-state index in [1.807, 2.05) is 6.26 Å². The number of carboxylic acid groups (broad SMARTS) is 1. The van der Waals surface area contributed by atoms with E-state index in [0.717, 1.165) is 0 Å². The van der Waals surface area contributed by atoms with E-state index in [2.05, 4.69) is 0 Å². The summed E-state index contributed by atoms with van der Waals surface area (Å²) in [4.78, 5) is 11.6. The molecule has 0 bridgehead atoms. The van der Waals surface area contributed by atoms with Crippen LogP contribution in [0.3, 0.4) is 0 Å². The van der Waals surface area contributed by atoms with Gasteiger partial charge in [0.2, 0.25) is 0 Å². The van der Waals surface area contributed by atoms with Gasteiger partial charge < -0.3 is 14.6 Å². The molecule has 0 heterocycles. The Kier molecular flexibility index (Phi) is 3.85. The van der Waals surface area contributed by atoms with E-state index < -0.39 is 5.97 Å². The number of ether oxygens (including phenoxy) is 2. The van der Waals surface area contributed by atoms with Crippen LogP contribution in [0.5, 0.6) is 11.5 Å². The SMILES string of the molecule is COc1ccc(C(=O)O)c(OC)c1SC. The summed E-state index contributed by atoms with van der Waals surface area (Å²) >= 11 is 1.39. The average molecular weight is 228 g/mol. The van der Waals surface area contributed by atoms with E-state index in [1.54, 1.807) is 6.07 Å². The lowest BCUT2D eigenvalue weighted by Gasteiger charge is -2.13. The molecule has 82 valence electrons. The number of rotatable bonds is 4. The van der Waals surface area contributed by atoms with Gasteiger partial charge in [0, 0.05) is 0 Å². The topological polar surface area (TPSA) is 55.8 Å². The van der Waals surface area contributed by atoms with Gasteiger partial charge in [0.25, 0.3) is 0 Å². The Bertz CT molecular complexity index is 376. The predicted molar refractivity (Wildman–Crippen MR) is 58.3 cm³/mol. The van der Waals surface area contributed by atoms with Crippen LogP contribution >= 0.6 is 11.8 Å². The molecular weight excluding hydrogens is 216 g/mol. The van der Waals surface area contributed by atoms with Crippen LogP contribution in [0.1, 0.15) is 10.4 Å². The lowest BCUT2D eigenvalue weighted by Crippen LogP contribution is -2.02. The van der Waals surface area contributed by atoms with Gasteiger partial charge in [-0.25, -0.2) is 4.79 Å². The van der Waals surface area contributed by atoms with Gasteiger partial charge in [-0.3, -0.25) is 0 Å². The average Bonchev–Trinajstić information content (AvgIpc) is 2.26. The lowest BCUT2D eigenvalue weighted by atomic mass is 10.2. The van der Waals surface area contributed by atoms with Crippen molar-refractivity contribution in [2.45, 2.75) is 4.90 Å². The number of hydrogen-bond donors (Lipinski definition) is 1. The molecule has 1 rings (SSSR count). The van der Waals surface area contributed by atoms with Crippen LogP contribution < -0.4 is 9.47 Å². The summed E-state index contributed by atoms with van der Waals surface area (Å²) in [7, 11) is 2.98. The van der Waals surface area contributed by atoms with E-state index in [9.17, 15) is 4.79 Å². The van der Waals surface area contributed by atoms with Crippen LogP contribution in [0.15, 0.2) is 17.0 Å². The van der Waals surface area contributed by atoms with Gasteiger partial charge in [-0.15, -0.1) is 11.8 Å². The molecule has 0 fully saturated rings. The number of methoxy groups -OCH3 is 2. The molecule has 0 aliphatic heterocycles. The quantitative estimate of drug-likeness (QED) is 0.800.